The van der Waals surface area contributed by atoms with Gasteiger partial charge in [0.05, 0.1) is 0 Å². The Morgan fingerprint density at radius 3 is 0.873 bits per heavy atom. The quantitative estimate of drug-likeness (QED) is 0.0261. The second-order valence-electron chi connectivity index (χ2n) is 19.9. The molecule has 0 heterocycles. The Hall–Kier alpha value is -3.41. The monoisotopic (exact) mass is 989 g/mol. The van der Waals surface area contributed by atoms with Crippen molar-refractivity contribution in [3.05, 3.63) is 85.1 Å². The van der Waals surface area contributed by atoms with Crippen LogP contribution < -0.4 is 0 Å². The Morgan fingerprint density at radius 1 is 0.296 bits per heavy atom. The number of rotatable bonds is 54. The fourth-order valence-corrected chi connectivity index (χ4v) is 8.38. The topological polar surface area (TPSA) is 78.9 Å². The molecule has 6 nitrogen and oxygen atoms in total. The average molecular weight is 990 g/mol. The van der Waals surface area contributed by atoms with Crippen LogP contribution in [-0.2, 0) is 28.6 Å². The minimum absolute atomic E-state index is 0.0782. The van der Waals surface area contributed by atoms with Gasteiger partial charge in [-0.3, -0.25) is 14.4 Å². The summed E-state index contributed by atoms with van der Waals surface area (Å²) < 4.78 is 16.8. The Labute approximate surface area is 439 Å². The van der Waals surface area contributed by atoms with Gasteiger partial charge < -0.3 is 14.2 Å². The molecule has 0 N–H and O–H groups in total. The van der Waals surface area contributed by atoms with Crippen molar-refractivity contribution >= 4 is 17.9 Å². The predicted molar refractivity (Wildman–Crippen MR) is 307 cm³/mol. The molecule has 0 aromatic carbocycles. The summed E-state index contributed by atoms with van der Waals surface area (Å²) in [5.74, 6) is -0.890. The van der Waals surface area contributed by atoms with Crippen LogP contribution in [0.25, 0.3) is 0 Å². The molecule has 1 atom stereocenters. The summed E-state index contributed by atoms with van der Waals surface area (Å²) in [5.41, 5.74) is 0. The number of hydrogen-bond acceptors (Lipinski definition) is 6. The van der Waals surface area contributed by atoms with Gasteiger partial charge in [-0.05, 0) is 96.3 Å². The zero-order valence-corrected chi connectivity index (χ0v) is 46.7. The van der Waals surface area contributed by atoms with Crippen molar-refractivity contribution in [2.24, 2.45) is 0 Å². The van der Waals surface area contributed by atoms with Crippen LogP contribution in [0.4, 0.5) is 0 Å². The number of carbonyl (C=O) groups is 3. The summed E-state index contributed by atoms with van der Waals surface area (Å²) in [7, 11) is 0. The van der Waals surface area contributed by atoms with Gasteiger partial charge in [0.15, 0.2) is 6.10 Å². The summed E-state index contributed by atoms with van der Waals surface area (Å²) >= 11 is 0. The second kappa shape index (κ2) is 59.2. The van der Waals surface area contributed by atoms with Crippen molar-refractivity contribution < 1.29 is 28.6 Å². The zero-order chi connectivity index (χ0) is 51.4. The van der Waals surface area contributed by atoms with E-state index < -0.39 is 6.10 Å². The van der Waals surface area contributed by atoms with E-state index in [0.29, 0.717) is 19.3 Å². The van der Waals surface area contributed by atoms with Crippen LogP contribution in [0.15, 0.2) is 85.1 Å². The molecule has 0 fully saturated rings. The summed E-state index contributed by atoms with van der Waals surface area (Å²) in [4.78, 5) is 37.9. The minimum atomic E-state index is -0.777. The highest BCUT2D eigenvalue weighted by Crippen LogP contribution is 2.16. The van der Waals surface area contributed by atoms with E-state index in [0.717, 1.165) is 103 Å². The van der Waals surface area contributed by atoms with E-state index >= 15 is 0 Å². The van der Waals surface area contributed by atoms with Gasteiger partial charge in [-0.15, -0.1) is 0 Å². The molecule has 0 aromatic rings. The molecule has 0 saturated carbocycles. The van der Waals surface area contributed by atoms with Crippen LogP contribution in [-0.4, -0.2) is 37.2 Å². The van der Waals surface area contributed by atoms with E-state index in [9.17, 15) is 14.4 Å². The first-order valence-corrected chi connectivity index (χ1v) is 30.1. The van der Waals surface area contributed by atoms with Crippen LogP contribution in [0, 0.1) is 0 Å². The predicted octanol–water partition coefficient (Wildman–Crippen LogP) is 20.3. The van der Waals surface area contributed by atoms with Gasteiger partial charge in [0.25, 0.3) is 0 Å². The first kappa shape index (κ1) is 67.6. The molecule has 0 aromatic heterocycles. The van der Waals surface area contributed by atoms with Gasteiger partial charge >= 0.3 is 17.9 Å². The van der Waals surface area contributed by atoms with Gasteiger partial charge in [0.2, 0.25) is 0 Å². The van der Waals surface area contributed by atoms with Gasteiger partial charge in [0, 0.05) is 19.3 Å². The standard InChI is InChI=1S/C65H112O6/c1-4-7-10-13-16-18-20-22-24-26-28-29-30-31-32-33-34-35-36-37-38-40-41-43-45-47-49-52-55-58-64(67)70-61-62(60-69-63(66)57-54-51-15-12-9-6-3)71-65(68)59-56-53-50-48-46-44-42-39-27-25-23-21-19-17-14-11-8-5-2/h7,10,16,18-19,21-22,24-25,27-29,31-32,62H,4-6,8-9,11-15,17,20,23,26,30,33-61H2,1-3H3/b10-7-,18-16-,21-19-,24-22-,27-25-,29-28-,32-31-. The number of ether oxygens (including phenoxy) is 3. The molecule has 0 saturated heterocycles. The third kappa shape index (κ3) is 57.4. The molecule has 71 heavy (non-hydrogen) atoms. The van der Waals surface area contributed by atoms with Gasteiger partial charge in [-0.1, -0.05) is 260 Å². The van der Waals surface area contributed by atoms with E-state index in [4.69, 9.17) is 14.2 Å². The van der Waals surface area contributed by atoms with Crippen molar-refractivity contribution in [1.29, 1.82) is 0 Å². The zero-order valence-electron chi connectivity index (χ0n) is 46.7. The Balaban J connectivity index is 4.09. The molecule has 0 spiro atoms. The van der Waals surface area contributed by atoms with E-state index in [2.05, 4.69) is 106 Å². The molecule has 0 radical (unpaired) electrons. The van der Waals surface area contributed by atoms with E-state index in [1.807, 2.05) is 0 Å². The van der Waals surface area contributed by atoms with Gasteiger partial charge in [-0.25, -0.2) is 0 Å². The van der Waals surface area contributed by atoms with Gasteiger partial charge in [-0.2, -0.15) is 0 Å². The lowest BCUT2D eigenvalue weighted by Crippen LogP contribution is -2.30. The molecule has 408 valence electrons. The SMILES string of the molecule is CC/C=C\C/C=C\C/C=C\C/C=C\C/C=C\CCCCCCCCCCCCCCCC(=O)OCC(COC(=O)CCCCCCCC)OC(=O)CCCCCCCCC/C=C\C/C=C\CCCCCC. The van der Waals surface area contributed by atoms with Crippen molar-refractivity contribution in [2.75, 3.05) is 13.2 Å². The fourth-order valence-electron chi connectivity index (χ4n) is 8.38. The first-order valence-electron chi connectivity index (χ1n) is 30.1. The lowest BCUT2D eigenvalue weighted by atomic mass is 10.0. The molecule has 0 amide bonds. The molecular formula is C65H112O6. The van der Waals surface area contributed by atoms with E-state index in [1.54, 1.807) is 0 Å². The lowest BCUT2D eigenvalue weighted by Gasteiger charge is -2.18. The normalized spacial score (nSPS) is 12.7. The molecule has 0 aliphatic rings. The minimum Gasteiger partial charge on any atom is -0.462 e. The maximum Gasteiger partial charge on any atom is 0.306 e. The Kier molecular flexibility index (Phi) is 56.3. The van der Waals surface area contributed by atoms with Crippen LogP contribution in [0.1, 0.15) is 290 Å². The first-order chi connectivity index (χ1) is 35.0. The maximum absolute atomic E-state index is 12.8. The Morgan fingerprint density at radius 2 is 0.549 bits per heavy atom. The van der Waals surface area contributed by atoms with Gasteiger partial charge in [0.1, 0.15) is 13.2 Å². The van der Waals surface area contributed by atoms with Crippen molar-refractivity contribution in [3.63, 3.8) is 0 Å². The molecular weight excluding hydrogens is 877 g/mol. The summed E-state index contributed by atoms with van der Waals surface area (Å²) in [6.07, 6.45) is 77.6. The van der Waals surface area contributed by atoms with E-state index in [-0.39, 0.29) is 31.1 Å². The van der Waals surface area contributed by atoms with Crippen LogP contribution in [0.2, 0.25) is 0 Å². The third-order valence-electron chi connectivity index (χ3n) is 12.9. The van der Waals surface area contributed by atoms with Crippen molar-refractivity contribution in [1.82, 2.24) is 0 Å². The highest BCUT2D eigenvalue weighted by Gasteiger charge is 2.19. The van der Waals surface area contributed by atoms with E-state index in [1.165, 1.54) is 148 Å². The highest BCUT2D eigenvalue weighted by molar-refractivity contribution is 5.71. The average Bonchev–Trinajstić information content (AvgIpc) is 3.37. The van der Waals surface area contributed by atoms with Crippen molar-refractivity contribution in [2.45, 2.75) is 297 Å². The number of allylic oxidation sites excluding steroid dienone is 14. The smallest absolute Gasteiger partial charge is 0.306 e. The molecule has 0 rings (SSSR count). The van der Waals surface area contributed by atoms with Crippen LogP contribution in [0.5, 0.6) is 0 Å². The summed E-state index contributed by atoms with van der Waals surface area (Å²) in [6, 6.07) is 0. The molecule has 6 heteroatoms. The fraction of sp³-hybridized carbons (Fsp3) is 0.738. The molecule has 0 aliphatic carbocycles. The molecule has 0 bridgehead atoms. The molecule has 1 unspecified atom stereocenters. The summed E-state index contributed by atoms with van der Waals surface area (Å²) in [5, 5.41) is 0. The van der Waals surface area contributed by atoms with Crippen LogP contribution in [0.3, 0.4) is 0 Å². The van der Waals surface area contributed by atoms with Crippen molar-refractivity contribution in [3.8, 4) is 0 Å². The number of esters is 3. The largest absolute Gasteiger partial charge is 0.462 e. The third-order valence-corrected chi connectivity index (χ3v) is 12.9. The van der Waals surface area contributed by atoms with Crippen LogP contribution >= 0.6 is 0 Å². The number of unbranched alkanes of at least 4 members (excludes halogenated alkanes) is 29. The Bertz CT molecular complexity index is 1370. The second-order valence-corrected chi connectivity index (χ2v) is 19.9. The molecule has 0 aliphatic heterocycles. The lowest BCUT2D eigenvalue weighted by molar-refractivity contribution is -0.167. The summed E-state index contributed by atoms with van der Waals surface area (Å²) in [6.45, 7) is 6.46. The highest BCUT2D eigenvalue weighted by atomic mass is 16.6. The number of hydrogen-bond donors (Lipinski definition) is 0. The number of carbonyl (C=O) groups excluding carboxylic acids is 3. The maximum atomic E-state index is 12.8.